The van der Waals surface area contributed by atoms with Crippen molar-refractivity contribution in [3.63, 3.8) is 0 Å². The Hall–Kier alpha value is -1.56. The normalized spacial score (nSPS) is 10.8. The van der Waals surface area contributed by atoms with Gasteiger partial charge in [0.1, 0.15) is 6.61 Å². The summed E-state index contributed by atoms with van der Waals surface area (Å²) in [6.07, 6.45) is 1.00. The first-order valence-corrected chi connectivity index (χ1v) is 10.4. The van der Waals surface area contributed by atoms with Gasteiger partial charge in [0.05, 0.1) is 6.61 Å². The third-order valence-electron chi connectivity index (χ3n) is 4.22. The Balaban J connectivity index is 2.00. The molecule has 0 spiro atoms. The van der Waals surface area contributed by atoms with Crippen LogP contribution in [0.5, 0.6) is 11.5 Å². The summed E-state index contributed by atoms with van der Waals surface area (Å²) in [6.45, 7) is 10.5. The molecule has 5 heteroatoms. The van der Waals surface area contributed by atoms with Gasteiger partial charge in [0.15, 0.2) is 11.5 Å². The molecule has 2 rings (SSSR count). The van der Waals surface area contributed by atoms with E-state index in [1.54, 1.807) is 0 Å². The lowest BCUT2D eigenvalue weighted by molar-refractivity contribution is 0.144. The third-order valence-corrected chi connectivity index (χ3v) is 4.96. The number of halogens is 1. The Morgan fingerprint density at radius 2 is 1.74 bits per heavy atom. The van der Waals surface area contributed by atoms with Crippen molar-refractivity contribution in [3.05, 3.63) is 57.6 Å². The number of benzene rings is 2. The van der Waals surface area contributed by atoms with Crippen molar-refractivity contribution in [2.24, 2.45) is 0 Å². The molecule has 0 radical (unpaired) electrons. The van der Waals surface area contributed by atoms with Crippen LogP contribution in [0.15, 0.2) is 40.9 Å². The Bertz CT molecular complexity index is 706. The van der Waals surface area contributed by atoms with Crippen molar-refractivity contribution < 1.29 is 14.2 Å². The van der Waals surface area contributed by atoms with E-state index in [0.29, 0.717) is 13.2 Å². The molecule has 0 atom stereocenters. The average molecular weight is 436 g/mol. The van der Waals surface area contributed by atoms with Crippen molar-refractivity contribution >= 4 is 15.9 Å². The zero-order chi connectivity index (χ0) is 19.5. The van der Waals surface area contributed by atoms with E-state index in [4.69, 9.17) is 14.2 Å². The lowest BCUT2D eigenvalue weighted by Crippen LogP contribution is -2.17. The van der Waals surface area contributed by atoms with Gasteiger partial charge in [-0.3, -0.25) is 0 Å². The van der Waals surface area contributed by atoms with E-state index in [1.807, 2.05) is 32.0 Å². The second-order valence-corrected chi connectivity index (χ2v) is 7.12. The number of rotatable bonds is 12. The maximum Gasteiger partial charge on any atom is 0.162 e. The smallest absolute Gasteiger partial charge is 0.162 e. The van der Waals surface area contributed by atoms with Crippen LogP contribution in [-0.4, -0.2) is 26.4 Å². The molecule has 148 valence electrons. The molecule has 0 unspecified atom stereocenters. The molecule has 0 saturated carbocycles. The number of ether oxygens (including phenoxy) is 3. The number of aryl methyl sites for hydroxylation is 1. The topological polar surface area (TPSA) is 39.7 Å². The van der Waals surface area contributed by atoms with Crippen LogP contribution in [0, 0.1) is 6.92 Å². The van der Waals surface area contributed by atoms with E-state index >= 15 is 0 Å². The fourth-order valence-electron chi connectivity index (χ4n) is 2.69. The van der Waals surface area contributed by atoms with Crippen LogP contribution < -0.4 is 14.8 Å². The summed E-state index contributed by atoms with van der Waals surface area (Å²) in [5, 5.41) is 3.45. The Morgan fingerprint density at radius 3 is 2.48 bits per heavy atom. The molecule has 0 heterocycles. The summed E-state index contributed by atoms with van der Waals surface area (Å²) in [6, 6.07) is 12.3. The van der Waals surface area contributed by atoms with E-state index in [-0.39, 0.29) is 0 Å². The summed E-state index contributed by atoms with van der Waals surface area (Å²) in [4.78, 5) is 0. The Kier molecular flexibility index (Phi) is 9.67. The van der Waals surface area contributed by atoms with Gasteiger partial charge in [0.25, 0.3) is 0 Å². The lowest BCUT2D eigenvalue weighted by Gasteiger charge is -2.16. The molecule has 1 N–H and O–H groups in total. The van der Waals surface area contributed by atoms with Gasteiger partial charge >= 0.3 is 0 Å². The Labute approximate surface area is 171 Å². The molecule has 2 aromatic rings. The second kappa shape index (κ2) is 12.0. The zero-order valence-electron chi connectivity index (χ0n) is 16.5. The highest BCUT2D eigenvalue weighted by molar-refractivity contribution is 9.10. The summed E-state index contributed by atoms with van der Waals surface area (Å²) < 4.78 is 18.3. The van der Waals surface area contributed by atoms with Gasteiger partial charge in [-0.25, -0.2) is 0 Å². The summed E-state index contributed by atoms with van der Waals surface area (Å²) in [7, 11) is 0. The van der Waals surface area contributed by atoms with E-state index in [0.717, 1.165) is 54.3 Å². The van der Waals surface area contributed by atoms with E-state index in [9.17, 15) is 0 Å². The van der Waals surface area contributed by atoms with Gasteiger partial charge < -0.3 is 19.5 Å². The van der Waals surface area contributed by atoms with Crippen molar-refractivity contribution in [3.8, 4) is 11.5 Å². The minimum Gasteiger partial charge on any atom is -0.490 e. The first-order chi connectivity index (χ1) is 13.2. The quantitative estimate of drug-likeness (QED) is 0.462. The van der Waals surface area contributed by atoms with E-state index < -0.39 is 0 Å². The fraction of sp³-hybridized carbons (Fsp3) is 0.455. The third kappa shape index (κ3) is 7.17. The van der Waals surface area contributed by atoms with Gasteiger partial charge in [-0.05, 0) is 62.6 Å². The van der Waals surface area contributed by atoms with Crippen LogP contribution in [0.25, 0.3) is 0 Å². The highest BCUT2D eigenvalue weighted by atomic mass is 79.9. The summed E-state index contributed by atoms with van der Waals surface area (Å²) >= 11 is 3.67. The van der Waals surface area contributed by atoms with Crippen LogP contribution in [0.1, 0.15) is 37.0 Å². The van der Waals surface area contributed by atoms with Crippen molar-refractivity contribution in [1.29, 1.82) is 0 Å². The molecular weight excluding hydrogens is 406 g/mol. The number of nitrogens with one attached hydrogen (secondary N) is 1. The fourth-order valence-corrected chi connectivity index (χ4v) is 3.15. The van der Waals surface area contributed by atoms with Gasteiger partial charge in [0.2, 0.25) is 0 Å². The molecular formula is C22H30BrNO3. The molecule has 0 amide bonds. The van der Waals surface area contributed by atoms with Crippen LogP contribution in [0.2, 0.25) is 0 Å². The van der Waals surface area contributed by atoms with Gasteiger partial charge in [-0.2, -0.15) is 0 Å². The van der Waals surface area contributed by atoms with Crippen LogP contribution >= 0.6 is 15.9 Å². The van der Waals surface area contributed by atoms with Crippen molar-refractivity contribution in [1.82, 2.24) is 5.32 Å². The van der Waals surface area contributed by atoms with E-state index in [2.05, 4.69) is 46.4 Å². The molecule has 4 nitrogen and oxygen atoms in total. The monoisotopic (exact) mass is 435 g/mol. The van der Waals surface area contributed by atoms with E-state index in [1.165, 1.54) is 11.1 Å². The minimum atomic E-state index is 0.522. The predicted octanol–water partition coefficient (Wildman–Crippen LogP) is 5.25. The number of hydrogen-bond donors (Lipinski definition) is 1. The van der Waals surface area contributed by atoms with Crippen molar-refractivity contribution in [2.75, 3.05) is 26.4 Å². The first kappa shape index (κ1) is 21.7. The lowest BCUT2D eigenvalue weighted by atomic mass is 10.1. The summed E-state index contributed by atoms with van der Waals surface area (Å²) in [5.41, 5.74) is 3.55. The SMILES string of the molecule is CCOCCCNCc1cc(OCC)c(OCc2ccccc2C)cc1Br. The molecule has 27 heavy (non-hydrogen) atoms. The predicted molar refractivity (Wildman–Crippen MR) is 114 cm³/mol. The maximum atomic E-state index is 6.07. The molecule has 0 saturated heterocycles. The minimum absolute atomic E-state index is 0.522. The van der Waals surface area contributed by atoms with Gasteiger partial charge in [-0.1, -0.05) is 40.2 Å². The molecule has 0 aliphatic carbocycles. The van der Waals surface area contributed by atoms with Crippen LogP contribution in [0.4, 0.5) is 0 Å². The molecule has 0 aromatic heterocycles. The molecule has 0 aliphatic heterocycles. The highest BCUT2D eigenvalue weighted by Gasteiger charge is 2.11. The molecule has 2 aromatic carbocycles. The molecule has 0 bridgehead atoms. The summed E-state index contributed by atoms with van der Waals surface area (Å²) in [5.74, 6) is 1.53. The van der Waals surface area contributed by atoms with Gasteiger partial charge in [0, 0.05) is 24.2 Å². The zero-order valence-corrected chi connectivity index (χ0v) is 18.1. The van der Waals surface area contributed by atoms with Crippen molar-refractivity contribution in [2.45, 2.75) is 40.3 Å². The molecule has 0 aliphatic rings. The first-order valence-electron chi connectivity index (χ1n) is 9.56. The maximum absolute atomic E-state index is 6.07. The average Bonchev–Trinajstić information content (AvgIpc) is 2.66. The second-order valence-electron chi connectivity index (χ2n) is 6.27. The molecule has 0 fully saturated rings. The standard InChI is InChI=1S/C22H30BrNO3/c1-4-25-12-8-11-24-15-19-13-21(26-5-2)22(14-20(19)23)27-16-18-10-7-6-9-17(18)3/h6-7,9-10,13-14,24H,4-5,8,11-12,15-16H2,1-3H3. The number of hydrogen-bond acceptors (Lipinski definition) is 4. The Morgan fingerprint density at radius 1 is 0.963 bits per heavy atom. The highest BCUT2D eigenvalue weighted by Crippen LogP contribution is 2.34. The largest absolute Gasteiger partial charge is 0.490 e. The van der Waals surface area contributed by atoms with Gasteiger partial charge in [-0.15, -0.1) is 0 Å². The van der Waals surface area contributed by atoms with Crippen LogP contribution in [0.3, 0.4) is 0 Å². The van der Waals surface area contributed by atoms with Crippen LogP contribution in [-0.2, 0) is 17.9 Å².